The molecule has 1 aliphatic heterocycles. The van der Waals surface area contributed by atoms with Gasteiger partial charge in [0.25, 0.3) is 0 Å². The third kappa shape index (κ3) is 2.42. The summed E-state index contributed by atoms with van der Waals surface area (Å²) in [7, 11) is 0. The topological polar surface area (TPSA) is 53.0 Å². The summed E-state index contributed by atoms with van der Waals surface area (Å²) in [5, 5.41) is 9.12. The lowest BCUT2D eigenvalue weighted by Gasteiger charge is -2.38. The molecule has 1 aliphatic rings. The molecule has 2 atom stereocenters. The highest BCUT2D eigenvalue weighted by molar-refractivity contribution is 5.59. The Morgan fingerprint density at radius 3 is 2.94 bits per heavy atom. The van der Waals surface area contributed by atoms with Crippen LogP contribution in [0.5, 0.6) is 0 Å². The van der Waals surface area contributed by atoms with Gasteiger partial charge in [-0.05, 0) is 24.5 Å². The maximum atomic E-state index is 9.12. The van der Waals surface area contributed by atoms with Crippen LogP contribution in [0.2, 0.25) is 0 Å². The maximum absolute atomic E-state index is 9.12. The second-order valence-electron chi connectivity index (χ2n) is 4.70. The van der Waals surface area contributed by atoms with Crippen molar-refractivity contribution in [2.75, 3.05) is 18.0 Å². The molecule has 1 heterocycles. The van der Waals surface area contributed by atoms with Crippen LogP contribution in [0.15, 0.2) is 24.3 Å². The fraction of sp³-hybridized carbons (Fsp3) is 0.500. The molecule has 1 aromatic carbocycles. The van der Waals surface area contributed by atoms with Gasteiger partial charge in [-0.3, -0.25) is 0 Å². The molecule has 3 heteroatoms. The number of benzene rings is 1. The van der Waals surface area contributed by atoms with Crippen molar-refractivity contribution in [2.45, 2.75) is 25.8 Å². The van der Waals surface area contributed by atoms with Crippen LogP contribution in [-0.4, -0.2) is 19.1 Å². The van der Waals surface area contributed by atoms with E-state index in [-0.39, 0.29) is 0 Å². The minimum Gasteiger partial charge on any atom is -0.370 e. The van der Waals surface area contributed by atoms with Crippen LogP contribution in [-0.2, 0) is 0 Å². The Morgan fingerprint density at radius 1 is 1.47 bits per heavy atom. The largest absolute Gasteiger partial charge is 0.370 e. The SMILES string of the molecule is CCC1CN(c2ccccc2C#N)CCC1N. The zero-order chi connectivity index (χ0) is 12.3. The molecule has 2 rings (SSSR count). The first-order chi connectivity index (χ1) is 8.26. The van der Waals surface area contributed by atoms with Crippen LogP contribution in [0.3, 0.4) is 0 Å². The van der Waals surface area contributed by atoms with E-state index in [9.17, 15) is 0 Å². The molecule has 17 heavy (non-hydrogen) atoms. The molecule has 0 bridgehead atoms. The van der Waals surface area contributed by atoms with Crippen LogP contribution in [0, 0.1) is 17.2 Å². The van der Waals surface area contributed by atoms with E-state index in [2.05, 4.69) is 17.9 Å². The zero-order valence-electron chi connectivity index (χ0n) is 10.3. The molecule has 1 fully saturated rings. The summed E-state index contributed by atoms with van der Waals surface area (Å²) in [6.07, 6.45) is 2.12. The van der Waals surface area contributed by atoms with Crippen molar-refractivity contribution in [3.63, 3.8) is 0 Å². The van der Waals surface area contributed by atoms with Crippen LogP contribution in [0.1, 0.15) is 25.3 Å². The van der Waals surface area contributed by atoms with E-state index in [0.717, 1.165) is 37.2 Å². The second-order valence-corrected chi connectivity index (χ2v) is 4.70. The van der Waals surface area contributed by atoms with Gasteiger partial charge in [0, 0.05) is 19.1 Å². The number of nitriles is 1. The molecule has 0 amide bonds. The monoisotopic (exact) mass is 229 g/mol. The number of nitrogens with two attached hydrogens (primary N) is 1. The molecule has 0 spiro atoms. The van der Waals surface area contributed by atoms with Gasteiger partial charge in [0.05, 0.1) is 11.3 Å². The molecule has 1 saturated heterocycles. The average molecular weight is 229 g/mol. The minimum atomic E-state index is 0.311. The Bertz CT molecular complexity index is 422. The summed E-state index contributed by atoms with van der Waals surface area (Å²) in [6.45, 7) is 4.11. The van der Waals surface area contributed by atoms with Crippen LogP contribution >= 0.6 is 0 Å². The summed E-state index contributed by atoms with van der Waals surface area (Å²) in [5.41, 5.74) is 7.93. The molecule has 1 aromatic rings. The van der Waals surface area contributed by atoms with Gasteiger partial charge in [0.15, 0.2) is 0 Å². The number of nitrogens with zero attached hydrogens (tertiary/aromatic N) is 2. The lowest BCUT2D eigenvalue weighted by Crippen LogP contribution is -2.47. The van der Waals surface area contributed by atoms with Crippen molar-refractivity contribution >= 4 is 5.69 Å². The average Bonchev–Trinajstić information content (AvgIpc) is 2.39. The molecule has 0 saturated carbocycles. The normalized spacial score (nSPS) is 24.4. The summed E-state index contributed by atoms with van der Waals surface area (Å²) in [4.78, 5) is 2.30. The number of rotatable bonds is 2. The van der Waals surface area contributed by atoms with Crippen molar-refractivity contribution in [2.24, 2.45) is 11.7 Å². The van der Waals surface area contributed by atoms with Gasteiger partial charge in [0.2, 0.25) is 0 Å². The Kier molecular flexibility index (Phi) is 3.65. The first kappa shape index (κ1) is 11.9. The molecule has 0 aliphatic carbocycles. The number of hydrogen-bond acceptors (Lipinski definition) is 3. The van der Waals surface area contributed by atoms with E-state index in [1.807, 2.05) is 24.3 Å². The van der Waals surface area contributed by atoms with E-state index >= 15 is 0 Å². The highest BCUT2D eigenvalue weighted by atomic mass is 15.1. The molecular weight excluding hydrogens is 210 g/mol. The zero-order valence-corrected chi connectivity index (χ0v) is 10.3. The van der Waals surface area contributed by atoms with Gasteiger partial charge in [0.1, 0.15) is 6.07 Å². The lowest BCUT2D eigenvalue weighted by atomic mass is 9.90. The van der Waals surface area contributed by atoms with E-state index in [4.69, 9.17) is 11.0 Å². The summed E-state index contributed by atoms with van der Waals surface area (Å²) in [6, 6.07) is 10.4. The molecule has 90 valence electrons. The van der Waals surface area contributed by atoms with Gasteiger partial charge in [-0.25, -0.2) is 0 Å². The van der Waals surface area contributed by atoms with Crippen molar-refractivity contribution in [1.82, 2.24) is 0 Å². The first-order valence-electron chi connectivity index (χ1n) is 6.26. The maximum Gasteiger partial charge on any atom is 0.101 e. The van der Waals surface area contributed by atoms with Gasteiger partial charge < -0.3 is 10.6 Å². The van der Waals surface area contributed by atoms with Gasteiger partial charge in [-0.2, -0.15) is 5.26 Å². The first-order valence-corrected chi connectivity index (χ1v) is 6.26. The molecule has 2 N–H and O–H groups in total. The summed E-state index contributed by atoms with van der Waals surface area (Å²) in [5.74, 6) is 0.537. The standard InChI is InChI=1S/C14H19N3/c1-2-11-10-17(8-7-13(11)16)14-6-4-3-5-12(14)9-15/h3-6,11,13H,2,7-8,10,16H2,1H3. The Morgan fingerprint density at radius 2 is 2.24 bits per heavy atom. The predicted octanol–water partition coefficient (Wildman–Crippen LogP) is 2.12. The van der Waals surface area contributed by atoms with Crippen molar-refractivity contribution in [3.05, 3.63) is 29.8 Å². The highest BCUT2D eigenvalue weighted by Gasteiger charge is 2.26. The molecule has 0 aromatic heterocycles. The van der Waals surface area contributed by atoms with E-state index in [1.165, 1.54) is 0 Å². The number of piperidine rings is 1. The van der Waals surface area contributed by atoms with Gasteiger partial charge in [-0.1, -0.05) is 25.5 Å². The Balaban J connectivity index is 2.21. The molecular formula is C14H19N3. The van der Waals surface area contributed by atoms with Crippen LogP contribution in [0.4, 0.5) is 5.69 Å². The molecule has 3 nitrogen and oxygen atoms in total. The highest BCUT2D eigenvalue weighted by Crippen LogP contribution is 2.26. The Labute approximate surface area is 103 Å². The Hall–Kier alpha value is -1.53. The van der Waals surface area contributed by atoms with Crippen LogP contribution < -0.4 is 10.6 Å². The van der Waals surface area contributed by atoms with Crippen molar-refractivity contribution in [1.29, 1.82) is 5.26 Å². The number of anilines is 1. The fourth-order valence-electron chi connectivity index (χ4n) is 2.54. The lowest BCUT2D eigenvalue weighted by molar-refractivity contribution is 0.348. The van der Waals surface area contributed by atoms with Crippen molar-refractivity contribution in [3.8, 4) is 6.07 Å². The third-order valence-electron chi connectivity index (χ3n) is 3.68. The minimum absolute atomic E-state index is 0.311. The third-order valence-corrected chi connectivity index (χ3v) is 3.68. The van der Waals surface area contributed by atoms with Gasteiger partial charge >= 0.3 is 0 Å². The number of hydrogen-bond donors (Lipinski definition) is 1. The van der Waals surface area contributed by atoms with Gasteiger partial charge in [-0.15, -0.1) is 0 Å². The quantitative estimate of drug-likeness (QED) is 0.845. The smallest absolute Gasteiger partial charge is 0.101 e. The molecule has 0 radical (unpaired) electrons. The van der Waals surface area contributed by atoms with Crippen LogP contribution in [0.25, 0.3) is 0 Å². The van der Waals surface area contributed by atoms with Crippen molar-refractivity contribution < 1.29 is 0 Å². The summed E-state index contributed by atoms with van der Waals surface area (Å²) >= 11 is 0. The number of para-hydroxylation sites is 1. The van der Waals surface area contributed by atoms with E-state index in [1.54, 1.807) is 0 Å². The summed E-state index contributed by atoms with van der Waals surface area (Å²) < 4.78 is 0. The van der Waals surface area contributed by atoms with E-state index < -0.39 is 0 Å². The second kappa shape index (κ2) is 5.20. The van der Waals surface area contributed by atoms with E-state index in [0.29, 0.717) is 12.0 Å². The fourth-order valence-corrected chi connectivity index (χ4v) is 2.54. The predicted molar refractivity (Wildman–Crippen MR) is 69.7 cm³/mol. The molecule has 2 unspecified atom stereocenters.